The van der Waals surface area contributed by atoms with Crippen molar-refractivity contribution in [3.05, 3.63) is 76.8 Å². The summed E-state index contributed by atoms with van der Waals surface area (Å²) in [6.07, 6.45) is 0. The number of halogens is 2. The molecule has 3 aromatic carbocycles. The van der Waals surface area contributed by atoms with Crippen molar-refractivity contribution in [3.8, 4) is 22.8 Å². The van der Waals surface area contributed by atoms with Gasteiger partial charge in [0, 0.05) is 10.6 Å². The van der Waals surface area contributed by atoms with Gasteiger partial charge in [0.15, 0.2) is 11.3 Å². The zero-order valence-corrected chi connectivity index (χ0v) is 16.8. The molecule has 5 rings (SSSR count). The standard InChI is InChI=1S/C22H14Cl2N4O/c1-29-19-11-10-15(12-16(19)24)28-21(13-6-8-14(23)9-7-13)27-20-22(28)26-18-5-3-2-4-17(18)25-20/h2-12H,1H3. The fourth-order valence-corrected chi connectivity index (χ4v) is 3.67. The maximum Gasteiger partial charge on any atom is 0.199 e. The lowest BCUT2D eigenvalue weighted by molar-refractivity contribution is 0.415. The van der Waals surface area contributed by atoms with Gasteiger partial charge in [0.25, 0.3) is 0 Å². The highest BCUT2D eigenvalue weighted by atomic mass is 35.5. The van der Waals surface area contributed by atoms with Crippen LogP contribution in [-0.4, -0.2) is 26.6 Å². The van der Waals surface area contributed by atoms with Crippen LogP contribution in [0.5, 0.6) is 5.75 Å². The smallest absolute Gasteiger partial charge is 0.199 e. The molecule has 0 amide bonds. The van der Waals surface area contributed by atoms with Gasteiger partial charge in [-0.2, -0.15) is 0 Å². The molecule has 0 bridgehead atoms. The van der Waals surface area contributed by atoms with E-state index in [0.29, 0.717) is 32.9 Å². The van der Waals surface area contributed by atoms with Gasteiger partial charge < -0.3 is 4.74 Å². The van der Waals surface area contributed by atoms with Crippen molar-refractivity contribution in [3.63, 3.8) is 0 Å². The molecule has 0 aliphatic heterocycles. The quantitative estimate of drug-likeness (QED) is 0.361. The number of methoxy groups -OCH3 is 1. The first kappa shape index (κ1) is 17.9. The molecule has 0 aliphatic rings. The number of rotatable bonds is 3. The Hall–Kier alpha value is -3.15. The third kappa shape index (κ3) is 3.09. The number of para-hydroxylation sites is 2. The van der Waals surface area contributed by atoms with Gasteiger partial charge >= 0.3 is 0 Å². The average molecular weight is 421 g/mol. The molecule has 0 atom stereocenters. The fourth-order valence-electron chi connectivity index (χ4n) is 3.29. The van der Waals surface area contributed by atoms with Crippen LogP contribution in [0.3, 0.4) is 0 Å². The lowest BCUT2D eigenvalue weighted by Gasteiger charge is -2.11. The number of hydrogen-bond acceptors (Lipinski definition) is 4. The van der Waals surface area contributed by atoms with E-state index in [1.165, 1.54) is 0 Å². The molecule has 5 aromatic rings. The lowest BCUT2D eigenvalue weighted by atomic mass is 10.2. The second-order valence-electron chi connectivity index (χ2n) is 6.46. The van der Waals surface area contributed by atoms with E-state index in [0.717, 1.165) is 22.3 Å². The van der Waals surface area contributed by atoms with Crippen LogP contribution < -0.4 is 4.74 Å². The van der Waals surface area contributed by atoms with Crippen molar-refractivity contribution in [1.82, 2.24) is 19.5 Å². The van der Waals surface area contributed by atoms with Crippen LogP contribution in [0.25, 0.3) is 39.4 Å². The van der Waals surface area contributed by atoms with Gasteiger partial charge in [0.05, 0.1) is 28.9 Å². The molecule has 29 heavy (non-hydrogen) atoms. The highest BCUT2D eigenvalue weighted by Crippen LogP contribution is 2.32. The van der Waals surface area contributed by atoms with Crippen LogP contribution >= 0.6 is 23.2 Å². The highest BCUT2D eigenvalue weighted by Gasteiger charge is 2.18. The van der Waals surface area contributed by atoms with Crippen LogP contribution in [0.15, 0.2) is 66.7 Å². The maximum absolute atomic E-state index is 6.40. The second kappa shape index (κ2) is 7.03. The van der Waals surface area contributed by atoms with E-state index in [9.17, 15) is 0 Å². The van der Waals surface area contributed by atoms with Crippen LogP contribution in [0.1, 0.15) is 0 Å². The van der Waals surface area contributed by atoms with Gasteiger partial charge in [-0.1, -0.05) is 35.3 Å². The van der Waals surface area contributed by atoms with Crippen molar-refractivity contribution < 1.29 is 4.74 Å². The first-order valence-electron chi connectivity index (χ1n) is 8.89. The molecule has 5 nitrogen and oxygen atoms in total. The van der Waals surface area contributed by atoms with Gasteiger partial charge in [-0.15, -0.1) is 0 Å². The summed E-state index contributed by atoms with van der Waals surface area (Å²) in [5, 5.41) is 1.16. The number of nitrogens with zero attached hydrogens (tertiary/aromatic N) is 4. The molecule has 0 aliphatic carbocycles. The third-order valence-corrected chi connectivity index (χ3v) is 5.21. The fraction of sp³-hybridized carbons (Fsp3) is 0.0455. The zero-order valence-electron chi connectivity index (χ0n) is 15.3. The van der Waals surface area contributed by atoms with E-state index >= 15 is 0 Å². The molecule has 0 N–H and O–H groups in total. The van der Waals surface area contributed by atoms with E-state index < -0.39 is 0 Å². The maximum atomic E-state index is 6.40. The highest BCUT2D eigenvalue weighted by molar-refractivity contribution is 6.32. The van der Waals surface area contributed by atoms with Crippen LogP contribution in [-0.2, 0) is 0 Å². The van der Waals surface area contributed by atoms with E-state index in [1.54, 1.807) is 7.11 Å². The van der Waals surface area contributed by atoms with E-state index in [1.807, 2.05) is 71.3 Å². The minimum atomic E-state index is 0.502. The van der Waals surface area contributed by atoms with Crippen molar-refractivity contribution in [2.24, 2.45) is 0 Å². The largest absolute Gasteiger partial charge is 0.495 e. The van der Waals surface area contributed by atoms with Crippen molar-refractivity contribution in [2.45, 2.75) is 0 Å². The molecule has 0 radical (unpaired) electrons. The van der Waals surface area contributed by atoms with Crippen LogP contribution in [0.4, 0.5) is 0 Å². The molecule has 0 saturated heterocycles. The Bertz CT molecular complexity index is 1360. The van der Waals surface area contributed by atoms with Gasteiger partial charge in [-0.3, -0.25) is 4.57 Å². The van der Waals surface area contributed by atoms with Crippen molar-refractivity contribution in [1.29, 1.82) is 0 Å². The summed E-state index contributed by atoms with van der Waals surface area (Å²) >= 11 is 12.5. The first-order chi connectivity index (χ1) is 14.1. The minimum Gasteiger partial charge on any atom is -0.495 e. The summed E-state index contributed by atoms with van der Waals surface area (Å²) in [7, 11) is 1.59. The Labute approximate surface area is 176 Å². The number of aromatic nitrogens is 4. The summed E-state index contributed by atoms with van der Waals surface area (Å²) in [6, 6.07) is 20.8. The topological polar surface area (TPSA) is 52.8 Å². The molecular formula is C22H14Cl2N4O. The third-order valence-electron chi connectivity index (χ3n) is 4.67. The Kier molecular flexibility index (Phi) is 4.34. The van der Waals surface area contributed by atoms with Crippen LogP contribution in [0, 0.1) is 0 Å². The Morgan fingerprint density at radius 1 is 0.828 bits per heavy atom. The van der Waals surface area contributed by atoms with Gasteiger partial charge in [0.1, 0.15) is 11.6 Å². The van der Waals surface area contributed by atoms with E-state index in [2.05, 4.69) is 0 Å². The van der Waals surface area contributed by atoms with Crippen LogP contribution in [0.2, 0.25) is 10.0 Å². The predicted molar refractivity (Wildman–Crippen MR) is 116 cm³/mol. The molecular weight excluding hydrogens is 407 g/mol. The minimum absolute atomic E-state index is 0.502. The Balaban J connectivity index is 1.85. The Morgan fingerprint density at radius 3 is 2.24 bits per heavy atom. The van der Waals surface area contributed by atoms with Gasteiger partial charge in [0.2, 0.25) is 0 Å². The van der Waals surface area contributed by atoms with E-state index in [4.69, 9.17) is 42.9 Å². The SMILES string of the molecule is COc1ccc(-n2c(-c3ccc(Cl)cc3)nc3nc4ccccc4nc32)cc1Cl. The molecule has 142 valence electrons. The zero-order chi connectivity index (χ0) is 20.0. The molecule has 0 unspecified atom stereocenters. The predicted octanol–water partition coefficient (Wildman–Crippen LogP) is 5.95. The Morgan fingerprint density at radius 2 is 1.55 bits per heavy atom. The summed E-state index contributed by atoms with van der Waals surface area (Å²) in [6.45, 7) is 0. The summed E-state index contributed by atoms with van der Waals surface area (Å²) in [5.41, 5.74) is 4.50. The summed E-state index contributed by atoms with van der Waals surface area (Å²) in [4.78, 5) is 14.3. The molecule has 2 heterocycles. The molecule has 0 saturated carbocycles. The summed E-state index contributed by atoms with van der Waals surface area (Å²) < 4.78 is 7.24. The van der Waals surface area contributed by atoms with Crippen molar-refractivity contribution >= 4 is 45.5 Å². The second-order valence-corrected chi connectivity index (χ2v) is 7.30. The van der Waals surface area contributed by atoms with Gasteiger partial charge in [-0.25, -0.2) is 15.0 Å². The number of imidazole rings is 1. The molecule has 7 heteroatoms. The number of fused-ring (bicyclic) bond motifs is 2. The number of ether oxygens (including phenoxy) is 1. The van der Waals surface area contributed by atoms with Crippen molar-refractivity contribution in [2.75, 3.05) is 7.11 Å². The average Bonchev–Trinajstić information content (AvgIpc) is 3.10. The number of hydrogen-bond donors (Lipinski definition) is 0. The summed E-state index contributed by atoms with van der Waals surface area (Å²) in [5.74, 6) is 1.30. The van der Waals surface area contributed by atoms with Gasteiger partial charge in [-0.05, 0) is 54.6 Å². The molecule has 0 fully saturated rings. The molecule has 2 aromatic heterocycles. The normalized spacial score (nSPS) is 11.3. The number of benzene rings is 3. The lowest BCUT2D eigenvalue weighted by Crippen LogP contribution is -2.00. The van der Waals surface area contributed by atoms with E-state index in [-0.39, 0.29) is 0 Å². The first-order valence-corrected chi connectivity index (χ1v) is 9.65. The monoisotopic (exact) mass is 420 g/mol. The molecule has 0 spiro atoms.